The lowest BCUT2D eigenvalue weighted by Gasteiger charge is -2.34. The number of non-ortho nitro benzene ring substituents is 1. The minimum absolute atomic E-state index is 0.0224. The van der Waals surface area contributed by atoms with Crippen LogP contribution in [0.25, 0.3) is 0 Å². The third-order valence-corrected chi connectivity index (χ3v) is 8.18. The van der Waals surface area contributed by atoms with Gasteiger partial charge in [-0.3, -0.25) is 15.0 Å². The predicted molar refractivity (Wildman–Crippen MR) is 101 cm³/mol. The van der Waals surface area contributed by atoms with Gasteiger partial charge in [-0.15, -0.1) is 0 Å². The lowest BCUT2D eigenvalue weighted by atomic mass is 9.82. The first kappa shape index (κ1) is 20.0. The molecule has 0 saturated heterocycles. The van der Waals surface area contributed by atoms with Crippen molar-refractivity contribution in [2.24, 2.45) is 23.2 Å². The highest BCUT2D eigenvalue weighted by molar-refractivity contribution is 7.89. The fourth-order valence-corrected chi connectivity index (χ4v) is 6.27. The second kappa shape index (κ2) is 6.68. The molecule has 148 valence electrons. The molecule has 0 aliphatic heterocycles. The summed E-state index contributed by atoms with van der Waals surface area (Å²) in [5.41, 5.74) is 1.22. The summed E-state index contributed by atoms with van der Waals surface area (Å²) in [6, 6.07) is 4.49. The maximum absolute atomic E-state index is 13.1. The van der Waals surface area contributed by atoms with Crippen LogP contribution >= 0.6 is 0 Å². The summed E-state index contributed by atoms with van der Waals surface area (Å²) in [5.74, 6) is 1.06. The summed E-state index contributed by atoms with van der Waals surface area (Å²) < 4.78 is 27.3. The molecule has 1 saturated carbocycles. The number of rotatable bonds is 6. The van der Waals surface area contributed by atoms with Gasteiger partial charge in [0.2, 0.25) is 0 Å². The summed E-state index contributed by atoms with van der Waals surface area (Å²) >= 11 is 0. The van der Waals surface area contributed by atoms with Gasteiger partial charge < -0.3 is 0 Å². The van der Waals surface area contributed by atoms with Gasteiger partial charge in [-0.25, -0.2) is 8.42 Å². The molecule has 0 radical (unpaired) electrons. The van der Waals surface area contributed by atoms with Crippen LogP contribution in [-0.4, -0.2) is 31.0 Å². The lowest BCUT2D eigenvalue weighted by Crippen LogP contribution is -2.44. The molecule has 3 rings (SSSR count). The number of hydroxylamine groups is 1. The van der Waals surface area contributed by atoms with Crippen molar-refractivity contribution < 1.29 is 18.2 Å². The van der Waals surface area contributed by atoms with E-state index in [1.54, 1.807) is 0 Å². The van der Waals surface area contributed by atoms with Crippen molar-refractivity contribution in [3.63, 3.8) is 0 Å². The molecule has 2 aliphatic carbocycles. The number of benzene rings is 1. The van der Waals surface area contributed by atoms with Crippen LogP contribution in [0.4, 0.5) is 5.69 Å². The number of nitro benzene ring substituents is 1. The highest BCUT2D eigenvalue weighted by Crippen LogP contribution is 2.67. The molecule has 0 bridgehead atoms. The third-order valence-electron chi connectivity index (χ3n) is 6.36. The highest BCUT2D eigenvalue weighted by atomic mass is 32.2. The zero-order valence-corrected chi connectivity index (χ0v) is 17.1. The van der Waals surface area contributed by atoms with Crippen molar-refractivity contribution in [3.05, 3.63) is 46.0 Å². The van der Waals surface area contributed by atoms with Gasteiger partial charge in [-0.1, -0.05) is 30.0 Å². The molecule has 0 heterocycles. The van der Waals surface area contributed by atoms with Crippen LogP contribution in [0.15, 0.2) is 40.8 Å². The van der Waals surface area contributed by atoms with Crippen molar-refractivity contribution in [2.45, 2.75) is 45.1 Å². The average Bonchev–Trinajstić information content (AvgIpc) is 3.16. The third kappa shape index (κ3) is 3.19. The standard InChI is InChI=1S/C19H26N2O5S/c1-12-6-11-16-18(19(16,3)4)17(12)13(2)21(26-5)27(24,25)15-9-7-14(8-10-15)20(22)23/h6-10,13,16-18H,11H2,1-5H3/t13-,16+,17-,18+/m0/s1. The van der Waals surface area contributed by atoms with Crippen LogP contribution in [0.3, 0.4) is 0 Å². The predicted octanol–water partition coefficient (Wildman–Crippen LogP) is 3.77. The van der Waals surface area contributed by atoms with E-state index in [1.807, 2.05) is 6.92 Å². The van der Waals surface area contributed by atoms with Crippen molar-refractivity contribution in [1.82, 2.24) is 4.47 Å². The van der Waals surface area contributed by atoms with Gasteiger partial charge in [-0.05, 0) is 49.7 Å². The van der Waals surface area contributed by atoms with Crippen LogP contribution in [0.5, 0.6) is 0 Å². The molecule has 4 atom stereocenters. The van der Waals surface area contributed by atoms with Crippen molar-refractivity contribution >= 4 is 15.7 Å². The molecule has 27 heavy (non-hydrogen) atoms. The van der Waals surface area contributed by atoms with Crippen molar-refractivity contribution in [3.8, 4) is 0 Å². The molecule has 0 spiro atoms. The molecule has 1 fully saturated rings. The number of fused-ring (bicyclic) bond motifs is 1. The van der Waals surface area contributed by atoms with Crippen molar-refractivity contribution in [2.75, 3.05) is 7.11 Å². The molecule has 2 aliphatic rings. The number of hydrogen-bond donors (Lipinski definition) is 0. The Labute approximate surface area is 160 Å². The average molecular weight is 394 g/mol. The highest BCUT2D eigenvalue weighted by Gasteiger charge is 2.63. The largest absolute Gasteiger partial charge is 0.287 e. The molecule has 8 heteroatoms. The molecule has 0 unspecified atom stereocenters. The maximum Gasteiger partial charge on any atom is 0.269 e. The maximum atomic E-state index is 13.1. The molecule has 1 aromatic carbocycles. The van der Waals surface area contributed by atoms with E-state index in [-0.39, 0.29) is 28.0 Å². The van der Waals surface area contributed by atoms with E-state index in [4.69, 9.17) is 4.84 Å². The zero-order valence-electron chi connectivity index (χ0n) is 16.2. The molecule has 0 amide bonds. The topological polar surface area (TPSA) is 89.8 Å². The van der Waals surface area contributed by atoms with Gasteiger partial charge in [0.05, 0.1) is 23.0 Å². The zero-order chi connectivity index (χ0) is 20.1. The number of hydrogen-bond acceptors (Lipinski definition) is 5. The van der Waals surface area contributed by atoms with Gasteiger partial charge in [0.15, 0.2) is 0 Å². The van der Waals surface area contributed by atoms with E-state index >= 15 is 0 Å². The first-order valence-electron chi connectivity index (χ1n) is 9.03. The van der Waals surface area contributed by atoms with Gasteiger partial charge in [0.25, 0.3) is 15.7 Å². The van der Waals surface area contributed by atoms with E-state index in [0.717, 1.165) is 10.9 Å². The van der Waals surface area contributed by atoms with E-state index < -0.39 is 14.9 Å². The van der Waals surface area contributed by atoms with E-state index in [2.05, 4.69) is 26.8 Å². The fourth-order valence-electron chi connectivity index (χ4n) is 4.82. The van der Waals surface area contributed by atoms with Gasteiger partial charge >= 0.3 is 0 Å². The summed E-state index contributed by atoms with van der Waals surface area (Å²) in [4.78, 5) is 15.6. The Morgan fingerprint density at radius 1 is 1.30 bits per heavy atom. The Morgan fingerprint density at radius 3 is 2.41 bits per heavy atom. The second-order valence-electron chi connectivity index (χ2n) is 8.10. The summed E-state index contributed by atoms with van der Waals surface area (Å²) in [5, 5.41) is 10.8. The van der Waals surface area contributed by atoms with Crippen LogP contribution in [0.2, 0.25) is 0 Å². The lowest BCUT2D eigenvalue weighted by molar-refractivity contribution is -0.384. The fraction of sp³-hybridized carbons (Fsp3) is 0.579. The van der Waals surface area contributed by atoms with Gasteiger partial charge in [0, 0.05) is 18.1 Å². The Hall–Kier alpha value is -1.77. The van der Waals surface area contributed by atoms with Crippen molar-refractivity contribution in [1.29, 1.82) is 0 Å². The normalized spacial score (nSPS) is 27.6. The summed E-state index contributed by atoms with van der Waals surface area (Å²) in [6.07, 6.45) is 3.25. The number of sulfonamides is 1. The van der Waals surface area contributed by atoms with E-state index in [0.29, 0.717) is 11.8 Å². The molecular formula is C19H26N2O5S. The van der Waals surface area contributed by atoms with Gasteiger partial charge in [-0.2, -0.15) is 0 Å². The van der Waals surface area contributed by atoms with Gasteiger partial charge in [0.1, 0.15) is 0 Å². The van der Waals surface area contributed by atoms with E-state index in [9.17, 15) is 18.5 Å². The minimum Gasteiger partial charge on any atom is -0.287 e. The van der Waals surface area contributed by atoms with Crippen LogP contribution in [0.1, 0.15) is 34.1 Å². The van der Waals surface area contributed by atoms with E-state index in [1.165, 1.54) is 36.9 Å². The van der Waals surface area contributed by atoms with Crippen LogP contribution in [-0.2, 0) is 14.9 Å². The molecule has 0 aromatic heterocycles. The smallest absolute Gasteiger partial charge is 0.269 e. The molecule has 0 N–H and O–H groups in total. The first-order valence-corrected chi connectivity index (χ1v) is 10.5. The van der Waals surface area contributed by atoms with Crippen LogP contribution < -0.4 is 0 Å². The SMILES string of the molecule is CON([C@@H](C)[C@@H]1C(C)=CC[C@@H]2[C@H]1C2(C)C)S(=O)(=O)c1ccc([N+](=O)[O-])cc1. The summed E-state index contributed by atoms with van der Waals surface area (Å²) in [7, 11) is -2.60. The molecule has 7 nitrogen and oxygen atoms in total. The quantitative estimate of drug-likeness (QED) is 0.416. The Bertz CT molecular complexity index is 876. The number of nitro groups is 1. The summed E-state index contributed by atoms with van der Waals surface area (Å²) in [6.45, 7) is 8.39. The first-order chi connectivity index (χ1) is 12.5. The monoisotopic (exact) mass is 394 g/mol. The number of allylic oxidation sites excluding steroid dienone is 1. The Balaban J connectivity index is 1.92. The Kier molecular flexibility index (Phi) is 4.95. The Morgan fingerprint density at radius 2 is 1.89 bits per heavy atom. The molecule has 1 aromatic rings. The molecular weight excluding hydrogens is 368 g/mol. The second-order valence-corrected chi connectivity index (χ2v) is 9.88. The minimum atomic E-state index is -3.95. The van der Waals surface area contributed by atoms with Crippen LogP contribution in [0, 0.1) is 33.3 Å². The number of nitrogens with zero attached hydrogens (tertiary/aromatic N) is 2.